The first-order valence-electron chi connectivity index (χ1n) is 9.65. The average Bonchev–Trinajstić information content (AvgIpc) is 3.29. The Morgan fingerprint density at radius 2 is 2.07 bits per heavy atom. The maximum absolute atomic E-state index is 12.8. The standard InChI is InChI=1S/C20H26N6O2/c1-4-16(15-12-21-24(2)13-15)22-19(27)14-5-6-18-17(11-14)23-20(25(18)3)26-7-9-28-10-8-26/h5-6,11-13,16H,4,7-10H2,1-3H3,(H,22,27)/t16-/m1/s1. The van der Waals surface area contributed by atoms with Crippen molar-refractivity contribution in [1.82, 2.24) is 24.6 Å². The number of ether oxygens (including phenoxy) is 1. The molecule has 28 heavy (non-hydrogen) atoms. The normalized spacial score (nSPS) is 15.8. The Balaban J connectivity index is 1.57. The first-order chi connectivity index (χ1) is 13.6. The lowest BCUT2D eigenvalue weighted by molar-refractivity contribution is 0.0935. The zero-order valence-corrected chi connectivity index (χ0v) is 16.6. The Kier molecular flexibility index (Phi) is 5.04. The molecule has 148 valence electrons. The fraction of sp³-hybridized carbons (Fsp3) is 0.450. The predicted molar refractivity (Wildman–Crippen MR) is 107 cm³/mol. The van der Waals surface area contributed by atoms with Gasteiger partial charge in [0.25, 0.3) is 5.91 Å². The van der Waals surface area contributed by atoms with Crippen molar-refractivity contribution in [3.63, 3.8) is 0 Å². The van der Waals surface area contributed by atoms with Gasteiger partial charge in [-0.1, -0.05) is 6.92 Å². The highest BCUT2D eigenvalue weighted by molar-refractivity contribution is 5.98. The summed E-state index contributed by atoms with van der Waals surface area (Å²) in [6, 6.07) is 5.62. The number of carbonyl (C=O) groups excluding carboxylic acids is 1. The summed E-state index contributed by atoms with van der Waals surface area (Å²) in [5.74, 6) is 0.814. The van der Waals surface area contributed by atoms with Gasteiger partial charge < -0.3 is 19.5 Å². The number of rotatable bonds is 5. The zero-order valence-electron chi connectivity index (χ0n) is 16.6. The summed E-state index contributed by atoms with van der Waals surface area (Å²) in [6.07, 6.45) is 4.53. The highest BCUT2D eigenvalue weighted by Crippen LogP contribution is 2.24. The smallest absolute Gasteiger partial charge is 0.251 e. The SMILES string of the molecule is CC[C@@H](NC(=O)c1ccc2c(c1)nc(N1CCOCC1)n2C)c1cnn(C)c1. The van der Waals surface area contributed by atoms with E-state index in [1.807, 2.05) is 38.5 Å². The molecule has 0 aliphatic carbocycles. The Morgan fingerprint density at radius 3 is 2.75 bits per heavy atom. The number of aryl methyl sites for hydroxylation is 2. The highest BCUT2D eigenvalue weighted by atomic mass is 16.5. The van der Waals surface area contributed by atoms with Gasteiger partial charge in [0, 0.05) is 44.5 Å². The second kappa shape index (κ2) is 7.63. The van der Waals surface area contributed by atoms with Gasteiger partial charge in [-0.05, 0) is 24.6 Å². The highest BCUT2D eigenvalue weighted by Gasteiger charge is 2.20. The molecule has 8 heteroatoms. The molecule has 1 atom stereocenters. The fourth-order valence-electron chi connectivity index (χ4n) is 3.66. The molecule has 1 amide bonds. The molecule has 1 saturated heterocycles. The van der Waals surface area contributed by atoms with Gasteiger partial charge in [-0.15, -0.1) is 0 Å². The van der Waals surface area contributed by atoms with Crippen molar-refractivity contribution in [1.29, 1.82) is 0 Å². The molecule has 2 aromatic heterocycles. The van der Waals surface area contributed by atoms with E-state index in [0.29, 0.717) is 18.8 Å². The van der Waals surface area contributed by atoms with Gasteiger partial charge in [-0.25, -0.2) is 4.98 Å². The minimum Gasteiger partial charge on any atom is -0.378 e. The van der Waals surface area contributed by atoms with E-state index in [1.54, 1.807) is 10.9 Å². The van der Waals surface area contributed by atoms with Gasteiger partial charge in [0.05, 0.1) is 36.5 Å². The molecular formula is C20H26N6O2. The van der Waals surface area contributed by atoms with Crippen LogP contribution in [0, 0.1) is 0 Å². The van der Waals surface area contributed by atoms with Crippen LogP contribution in [0.3, 0.4) is 0 Å². The number of aromatic nitrogens is 4. The van der Waals surface area contributed by atoms with E-state index in [0.717, 1.165) is 42.1 Å². The predicted octanol–water partition coefficient (Wildman–Crippen LogP) is 2.02. The summed E-state index contributed by atoms with van der Waals surface area (Å²) >= 11 is 0. The molecule has 0 spiro atoms. The lowest BCUT2D eigenvalue weighted by atomic mass is 10.1. The summed E-state index contributed by atoms with van der Waals surface area (Å²) in [5, 5.41) is 7.31. The number of morpholine rings is 1. The summed E-state index contributed by atoms with van der Waals surface area (Å²) in [7, 11) is 3.88. The van der Waals surface area contributed by atoms with Crippen molar-refractivity contribution in [3.05, 3.63) is 41.7 Å². The van der Waals surface area contributed by atoms with Crippen LogP contribution in [0.15, 0.2) is 30.6 Å². The fourth-order valence-corrected chi connectivity index (χ4v) is 3.66. The van der Waals surface area contributed by atoms with Crippen LogP contribution in [-0.2, 0) is 18.8 Å². The largest absolute Gasteiger partial charge is 0.378 e. The van der Waals surface area contributed by atoms with Crippen molar-refractivity contribution >= 4 is 22.9 Å². The average molecular weight is 382 g/mol. The number of benzene rings is 1. The van der Waals surface area contributed by atoms with Crippen LogP contribution in [-0.4, -0.2) is 51.5 Å². The van der Waals surface area contributed by atoms with Crippen LogP contribution in [0.2, 0.25) is 0 Å². The molecule has 0 unspecified atom stereocenters. The van der Waals surface area contributed by atoms with Crippen molar-refractivity contribution in [3.8, 4) is 0 Å². The molecule has 0 saturated carbocycles. The second-order valence-corrected chi connectivity index (χ2v) is 7.16. The Morgan fingerprint density at radius 1 is 1.29 bits per heavy atom. The van der Waals surface area contributed by atoms with Crippen molar-refractivity contribution in [2.24, 2.45) is 14.1 Å². The van der Waals surface area contributed by atoms with E-state index in [-0.39, 0.29) is 11.9 Å². The molecule has 4 rings (SSSR count). The monoisotopic (exact) mass is 382 g/mol. The van der Waals surface area contributed by atoms with Crippen LogP contribution in [0.4, 0.5) is 5.95 Å². The van der Waals surface area contributed by atoms with E-state index < -0.39 is 0 Å². The number of amides is 1. The molecule has 8 nitrogen and oxygen atoms in total. The van der Waals surface area contributed by atoms with E-state index in [4.69, 9.17) is 9.72 Å². The Hall–Kier alpha value is -2.87. The maximum Gasteiger partial charge on any atom is 0.251 e. The van der Waals surface area contributed by atoms with Crippen LogP contribution in [0.1, 0.15) is 35.3 Å². The van der Waals surface area contributed by atoms with Crippen LogP contribution < -0.4 is 10.2 Å². The number of anilines is 1. The van der Waals surface area contributed by atoms with Gasteiger partial charge in [-0.3, -0.25) is 9.48 Å². The third-order valence-electron chi connectivity index (χ3n) is 5.25. The number of hydrogen-bond donors (Lipinski definition) is 1. The molecule has 3 aromatic rings. The summed E-state index contributed by atoms with van der Waals surface area (Å²) in [6.45, 7) is 5.13. The molecule has 0 bridgehead atoms. The van der Waals surface area contributed by atoms with Crippen LogP contribution in [0.5, 0.6) is 0 Å². The number of carbonyl (C=O) groups is 1. The van der Waals surface area contributed by atoms with Gasteiger partial charge in [0.2, 0.25) is 5.95 Å². The van der Waals surface area contributed by atoms with Gasteiger partial charge in [-0.2, -0.15) is 5.10 Å². The van der Waals surface area contributed by atoms with Gasteiger partial charge >= 0.3 is 0 Å². The second-order valence-electron chi connectivity index (χ2n) is 7.16. The Bertz CT molecular complexity index is 986. The Labute approximate surface area is 164 Å². The number of fused-ring (bicyclic) bond motifs is 1. The summed E-state index contributed by atoms with van der Waals surface area (Å²) in [4.78, 5) is 19.8. The van der Waals surface area contributed by atoms with Crippen LogP contribution >= 0.6 is 0 Å². The topological polar surface area (TPSA) is 77.2 Å². The number of hydrogen-bond acceptors (Lipinski definition) is 5. The summed E-state index contributed by atoms with van der Waals surface area (Å²) < 4.78 is 9.26. The van der Waals surface area contributed by atoms with Gasteiger partial charge in [0.1, 0.15) is 0 Å². The van der Waals surface area contributed by atoms with Crippen molar-refractivity contribution in [2.45, 2.75) is 19.4 Å². The quantitative estimate of drug-likeness (QED) is 0.731. The molecule has 1 N–H and O–H groups in total. The molecular weight excluding hydrogens is 356 g/mol. The minimum atomic E-state index is -0.101. The number of nitrogens with one attached hydrogen (secondary N) is 1. The van der Waals surface area contributed by atoms with E-state index in [1.165, 1.54) is 0 Å². The van der Waals surface area contributed by atoms with Crippen molar-refractivity contribution < 1.29 is 9.53 Å². The lowest BCUT2D eigenvalue weighted by Crippen LogP contribution is -2.37. The first kappa shape index (κ1) is 18.5. The zero-order chi connectivity index (χ0) is 19.7. The molecule has 1 aromatic carbocycles. The molecule has 0 radical (unpaired) electrons. The molecule has 1 aliphatic heterocycles. The molecule has 1 aliphatic rings. The van der Waals surface area contributed by atoms with E-state index in [9.17, 15) is 4.79 Å². The molecule has 3 heterocycles. The minimum absolute atomic E-state index is 0.0652. The third-order valence-corrected chi connectivity index (χ3v) is 5.25. The maximum atomic E-state index is 12.8. The van der Waals surface area contributed by atoms with Crippen molar-refractivity contribution in [2.75, 3.05) is 31.2 Å². The molecule has 1 fully saturated rings. The third kappa shape index (κ3) is 3.47. The van der Waals surface area contributed by atoms with Gasteiger partial charge in [0.15, 0.2) is 0 Å². The van der Waals surface area contributed by atoms with E-state index >= 15 is 0 Å². The lowest BCUT2D eigenvalue weighted by Gasteiger charge is -2.27. The number of nitrogens with zero attached hydrogens (tertiary/aromatic N) is 5. The number of imidazole rings is 1. The summed E-state index contributed by atoms with van der Waals surface area (Å²) in [5.41, 5.74) is 3.46. The van der Waals surface area contributed by atoms with Crippen LogP contribution in [0.25, 0.3) is 11.0 Å². The first-order valence-corrected chi connectivity index (χ1v) is 9.65. The van der Waals surface area contributed by atoms with E-state index in [2.05, 4.69) is 26.8 Å².